The molecule has 0 aromatic carbocycles. The highest BCUT2D eigenvalue weighted by Gasteiger charge is 2.19. The Morgan fingerprint density at radius 2 is 1.82 bits per heavy atom. The zero-order chi connectivity index (χ0) is 13.5. The lowest BCUT2D eigenvalue weighted by Crippen LogP contribution is -2.51. The summed E-state index contributed by atoms with van der Waals surface area (Å²) in [6.07, 6.45) is 0.909. The molecule has 0 aromatic rings. The lowest BCUT2D eigenvalue weighted by molar-refractivity contribution is -0.124. The van der Waals surface area contributed by atoms with Crippen LogP contribution < -0.4 is 16.0 Å². The summed E-state index contributed by atoms with van der Waals surface area (Å²) in [5.74, 6) is -0.178. The summed E-state index contributed by atoms with van der Waals surface area (Å²) in [5, 5.41) is 8.48. The van der Waals surface area contributed by atoms with Crippen LogP contribution in [0.1, 0.15) is 41.0 Å². The van der Waals surface area contributed by atoms with Crippen molar-refractivity contribution in [2.45, 2.75) is 52.6 Å². The minimum Gasteiger partial charge on any atom is -0.355 e. The molecule has 0 fully saturated rings. The number of nitrogens with one attached hydrogen (secondary N) is 3. The second kappa shape index (κ2) is 7.27. The van der Waals surface area contributed by atoms with E-state index in [1.807, 2.05) is 27.7 Å². The number of carbonyl (C=O) groups is 2. The van der Waals surface area contributed by atoms with Crippen molar-refractivity contribution >= 4 is 11.8 Å². The summed E-state index contributed by atoms with van der Waals surface area (Å²) >= 11 is 0. The summed E-state index contributed by atoms with van der Waals surface area (Å²) in [6.45, 7) is 10.3. The summed E-state index contributed by atoms with van der Waals surface area (Å²) in [5.41, 5.74) is -0.252. The van der Waals surface area contributed by atoms with Gasteiger partial charge in [0, 0.05) is 12.1 Å². The third-order valence-electron chi connectivity index (χ3n) is 2.03. The van der Waals surface area contributed by atoms with E-state index >= 15 is 0 Å². The highest BCUT2D eigenvalue weighted by molar-refractivity contribution is 5.83. The van der Waals surface area contributed by atoms with Gasteiger partial charge in [-0.25, -0.2) is 0 Å². The average Bonchev–Trinajstić information content (AvgIpc) is 2.20. The lowest BCUT2D eigenvalue weighted by atomic mass is 10.1. The molecule has 0 aromatic heterocycles. The first kappa shape index (κ1) is 15.9. The first-order valence-corrected chi connectivity index (χ1v) is 6.08. The van der Waals surface area contributed by atoms with Gasteiger partial charge < -0.3 is 10.6 Å². The van der Waals surface area contributed by atoms with Gasteiger partial charge in [-0.1, -0.05) is 6.92 Å². The van der Waals surface area contributed by atoms with Crippen LogP contribution in [0.15, 0.2) is 0 Å². The molecule has 1 atom stereocenters. The first-order valence-electron chi connectivity index (χ1n) is 6.08. The molecule has 2 amide bonds. The zero-order valence-electron chi connectivity index (χ0n) is 11.5. The van der Waals surface area contributed by atoms with Crippen LogP contribution >= 0.6 is 0 Å². The van der Waals surface area contributed by atoms with E-state index in [-0.39, 0.29) is 29.9 Å². The van der Waals surface area contributed by atoms with Gasteiger partial charge in [0.05, 0.1) is 12.6 Å². The molecule has 0 saturated carbocycles. The Morgan fingerprint density at radius 1 is 1.24 bits per heavy atom. The summed E-state index contributed by atoms with van der Waals surface area (Å²) in [7, 11) is 0. The Labute approximate surface area is 104 Å². The van der Waals surface area contributed by atoms with Crippen molar-refractivity contribution in [2.75, 3.05) is 13.1 Å². The van der Waals surface area contributed by atoms with E-state index in [4.69, 9.17) is 0 Å². The van der Waals surface area contributed by atoms with Crippen LogP contribution in [0.25, 0.3) is 0 Å². The van der Waals surface area contributed by atoms with Crippen LogP contribution in [0.2, 0.25) is 0 Å². The normalized spacial score (nSPS) is 13.0. The topological polar surface area (TPSA) is 70.2 Å². The number of carbonyl (C=O) groups excluding carboxylic acids is 2. The SMILES string of the molecule is CCCNC(=O)CNC(C)C(=O)NC(C)(C)C. The molecule has 3 N–H and O–H groups in total. The van der Waals surface area contributed by atoms with Crippen LogP contribution in [0, 0.1) is 0 Å². The molecule has 0 aliphatic heterocycles. The average molecular weight is 243 g/mol. The molecule has 0 aliphatic carbocycles. The Kier molecular flexibility index (Phi) is 6.80. The third kappa shape index (κ3) is 8.68. The van der Waals surface area contributed by atoms with Crippen molar-refractivity contribution in [2.24, 2.45) is 0 Å². The predicted octanol–water partition coefficient (Wildman–Crippen LogP) is 0.405. The maximum absolute atomic E-state index is 11.7. The largest absolute Gasteiger partial charge is 0.355 e. The standard InChI is InChI=1S/C12H25N3O2/c1-6-7-13-10(16)8-14-9(2)11(17)15-12(3,4)5/h9,14H,6-8H2,1-5H3,(H,13,16)(H,15,17). The fourth-order valence-corrected chi connectivity index (χ4v) is 1.14. The van der Waals surface area contributed by atoms with Crippen LogP contribution in [0.5, 0.6) is 0 Å². The fourth-order valence-electron chi connectivity index (χ4n) is 1.14. The second-order valence-corrected chi connectivity index (χ2v) is 5.19. The molecule has 5 nitrogen and oxygen atoms in total. The van der Waals surface area contributed by atoms with Crippen LogP contribution in [-0.4, -0.2) is 36.5 Å². The molecule has 0 spiro atoms. The minimum atomic E-state index is -0.374. The number of hydrogen-bond acceptors (Lipinski definition) is 3. The number of hydrogen-bond donors (Lipinski definition) is 3. The smallest absolute Gasteiger partial charge is 0.237 e. The second-order valence-electron chi connectivity index (χ2n) is 5.19. The first-order chi connectivity index (χ1) is 7.76. The van der Waals surface area contributed by atoms with Crippen molar-refractivity contribution in [1.82, 2.24) is 16.0 Å². The Bertz CT molecular complexity index is 259. The van der Waals surface area contributed by atoms with E-state index in [9.17, 15) is 9.59 Å². The van der Waals surface area contributed by atoms with E-state index in [2.05, 4.69) is 16.0 Å². The van der Waals surface area contributed by atoms with Gasteiger partial charge in [0.15, 0.2) is 0 Å². The van der Waals surface area contributed by atoms with Gasteiger partial charge in [0.1, 0.15) is 0 Å². The molecule has 0 radical (unpaired) electrons. The maximum Gasteiger partial charge on any atom is 0.237 e. The van der Waals surface area contributed by atoms with Crippen LogP contribution in [0.3, 0.4) is 0 Å². The van der Waals surface area contributed by atoms with Crippen molar-refractivity contribution in [1.29, 1.82) is 0 Å². The van der Waals surface area contributed by atoms with E-state index in [0.717, 1.165) is 6.42 Å². The molecular weight excluding hydrogens is 218 g/mol. The van der Waals surface area contributed by atoms with E-state index in [1.165, 1.54) is 0 Å². The van der Waals surface area contributed by atoms with Gasteiger partial charge in [0.2, 0.25) is 11.8 Å². The molecule has 17 heavy (non-hydrogen) atoms. The molecule has 100 valence electrons. The van der Waals surface area contributed by atoms with Gasteiger partial charge in [-0.2, -0.15) is 0 Å². The maximum atomic E-state index is 11.7. The summed E-state index contributed by atoms with van der Waals surface area (Å²) in [4.78, 5) is 23.0. The summed E-state index contributed by atoms with van der Waals surface area (Å²) < 4.78 is 0. The Hall–Kier alpha value is -1.10. The van der Waals surface area contributed by atoms with E-state index in [0.29, 0.717) is 6.54 Å². The van der Waals surface area contributed by atoms with Crippen LogP contribution in [-0.2, 0) is 9.59 Å². The van der Waals surface area contributed by atoms with Gasteiger partial charge in [-0.05, 0) is 34.1 Å². The predicted molar refractivity (Wildman–Crippen MR) is 68.7 cm³/mol. The molecule has 5 heteroatoms. The monoisotopic (exact) mass is 243 g/mol. The quantitative estimate of drug-likeness (QED) is 0.632. The highest BCUT2D eigenvalue weighted by Crippen LogP contribution is 1.99. The van der Waals surface area contributed by atoms with Gasteiger partial charge >= 0.3 is 0 Å². The van der Waals surface area contributed by atoms with Gasteiger partial charge in [0.25, 0.3) is 0 Å². The zero-order valence-corrected chi connectivity index (χ0v) is 11.5. The van der Waals surface area contributed by atoms with E-state index in [1.54, 1.807) is 6.92 Å². The molecule has 0 rings (SSSR count). The molecule has 0 heterocycles. The van der Waals surface area contributed by atoms with E-state index < -0.39 is 0 Å². The molecule has 0 saturated heterocycles. The van der Waals surface area contributed by atoms with Gasteiger partial charge in [-0.15, -0.1) is 0 Å². The molecule has 0 aliphatic rings. The van der Waals surface area contributed by atoms with Crippen molar-refractivity contribution in [3.63, 3.8) is 0 Å². The highest BCUT2D eigenvalue weighted by atomic mass is 16.2. The summed E-state index contributed by atoms with van der Waals surface area (Å²) in [6, 6.07) is -0.374. The molecule has 1 unspecified atom stereocenters. The Balaban J connectivity index is 3.89. The Morgan fingerprint density at radius 3 is 2.29 bits per heavy atom. The van der Waals surface area contributed by atoms with Crippen molar-refractivity contribution < 1.29 is 9.59 Å². The lowest BCUT2D eigenvalue weighted by Gasteiger charge is -2.23. The molecular formula is C12H25N3O2. The minimum absolute atomic E-state index is 0.0812. The van der Waals surface area contributed by atoms with Crippen molar-refractivity contribution in [3.8, 4) is 0 Å². The molecule has 0 bridgehead atoms. The fraction of sp³-hybridized carbons (Fsp3) is 0.833. The number of amides is 2. The number of rotatable bonds is 6. The van der Waals surface area contributed by atoms with Crippen LogP contribution in [0.4, 0.5) is 0 Å². The van der Waals surface area contributed by atoms with Gasteiger partial charge in [-0.3, -0.25) is 14.9 Å². The third-order valence-corrected chi connectivity index (χ3v) is 2.03. The van der Waals surface area contributed by atoms with Crippen molar-refractivity contribution in [3.05, 3.63) is 0 Å².